The number of aromatic nitrogens is 1. The largest absolute Gasteiger partial charge is 0.322 e. The van der Waals surface area contributed by atoms with Crippen molar-refractivity contribution < 1.29 is 4.79 Å². The zero-order valence-corrected chi connectivity index (χ0v) is 19.7. The van der Waals surface area contributed by atoms with Gasteiger partial charge in [0, 0.05) is 11.3 Å². The summed E-state index contributed by atoms with van der Waals surface area (Å²) in [6.45, 7) is 2.01. The molecule has 0 aliphatic heterocycles. The summed E-state index contributed by atoms with van der Waals surface area (Å²) in [5.41, 5.74) is 5.99. The van der Waals surface area contributed by atoms with Crippen LogP contribution in [0.1, 0.15) is 32.3 Å². The molecule has 0 aliphatic carbocycles. The van der Waals surface area contributed by atoms with Crippen LogP contribution in [0.15, 0.2) is 107 Å². The van der Waals surface area contributed by atoms with Crippen molar-refractivity contribution in [3.8, 4) is 0 Å². The molecule has 5 aromatic rings. The first-order valence-electron chi connectivity index (χ1n) is 10.7. The summed E-state index contributed by atoms with van der Waals surface area (Å²) < 4.78 is 2.06. The Bertz CT molecular complexity index is 1340. The van der Waals surface area contributed by atoms with Gasteiger partial charge in [0.2, 0.25) is 0 Å². The van der Waals surface area contributed by atoms with E-state index in [1.165, 1.54) is 11.1 Å². The molecular weight excluding hydrogens is 444 g/mol. The van der Waals surface area contributed by atoms with Crippen molar-refractivity contribution in [1.82, 2.24) is 4.98 Å². The van der Waals surface area contributed by atoms with Crippen LogP contribution in [0, 0.1) is 6.92 Å². The molecule has 0 radical (unpaired) electrons. The number of thiazole rings is 1. The zero-order valence-electron chi connectivity index (χ0n) is 18.1. The molecule has 0 aliphatic rings. The van der Waals surface area contributed by atoms with Crippen LogP contribution in [0.5, 0.6) is 0 Å². The second-order valence-electron chi connectivity index (χ2n) is 7.80. The monoisotopic (exact) mass is 466 g/mol. The Kier molecular flexibility index (Phi) is 6.24. The normalized spacial score (nSPS) is 11.1. The second kappa shape index (κ2) is 9.61. The van der Waals surface area contributed by atoms with Crippen LogP contribution in [0.3, 0.4) is 0 Å². The molecule has 0 unspecified atom stereocenters. The molecule has 5 rings (SSSR count). The van der Waals surface area contributed by atoms with Crippen LogP contribution in [0.25, 0.3) is 10.2 Å². The van der Waals surface area contributed by atoms with Gasteiger partial charge in [-0.2, -0.15) is 0 Å². The van der Waals surface area contributed by atoms with Crippen LogP contribution in [-0.2, 0) is 0 Å². The molecule has 1 amide bonds. The molecule has 162 valence electrons. The van der Waals surface area contributed by atoms with Crippen LogP contribution < -0.4 is 5.32 Å². The van der Waals surface area contributed by atoms with E-state index >= 15 is 0 Å². The molecule has 0 bridgehead atoms. The molecule has 0 saturated heterocycles. The first kappa shape index (κ1) is 21.4. The maximum absolute atomic E-state index is 12.6. The minimum absolute atomic E-state index is 0.110. The van der Waals surface area contributed by atoms with E-state index in [4.69, 9.17) is 4.98 Å². The fraction of sp³-hybridized carbons (Fsp3) is 0.0714. The van der Waals surface area contributed by atoms with E-state index in [1.807, 2.05) is 61.5 Å². The molecule has 0 spiro atoms. The number of rotatable bonds is 6. The Morgan fingerprint density at radius 1 is 0.848 bits per heavy atom. The first-order chi connectivity index (χ1) is 16.2. The van der Waals surface area contributed by atoms with Crippen molar-refractivity contribution in [2.75, 3.05) is 5.32 Å². The Balaban J connectivity index is 1.39. The van der Waals surface area contributed by atoms with E-state index in [2.05, 4.69) is 53.8 Å². The van der Waals surface area contributed by atoms with Crippen molar-refractivity contribution in [3.63, 3.8) is 0 Å². The molecule has 0 atom stereocenters. The summed E-state index contributed by atoms with van der Waals surface area (Å²) >= 11 is 3.41. The van der Waals surface area contributed by atoms with Crippen molar-refractivity contribution >= 4 is 44.9 Å². The summed E-state index contributed by atoms with van der Waals surface area (Å²) in [4.78, 5) is 17.5. The molecule has 5 heteroatoms. The van der Waals surface area contributed by atoms with E-state index in [9.17, 15) is 4.79 Å². The van der Waals surface area contributed by atoms with Gasteiger partial charge in [-0.25, -0.2) is 4.98 Å². The lowest BCUT2D eigenvalue weighted by atomic mass is 10.0. The first-order valence-corrected chi connectivity index (χ1v) is 12.4. The number of nitrogens with one attached hydrogen (secondary N) is 1. The van der Waals surface area contributed by atoms with Gasteiger partial charge in [-0.1, -0.05) is 90.1 Å². The minimum Gasteiger partial charge on any atom is -0.322 e. The summed E-state index contributed by atoms with van der Waals surface area (Å²) in [5.74, 6) is -0.110. The molecule has 33 heavy (non-hydrogen) atoms. The molecule has 0 saturated carbocycles. The lowest BCUT2D eigenvalue weighted by Gasteiger charge is -2.16. The highest BCUT2D eigenvalue weighted by Gasteiger charge is 2.18. The van der Waals surface area contributed by atoms with E-state index in [0.29, 0.717) is 5.56 Å². The van der Waals surface area contributed by atoms with Gasteiger partial charge >= 0.3 is 0 Å². The molecule has 1 aromatic heterocycles. The fourth-order valence-corrected chi connectivity index (χ4v) is 6.05. The minimum atomic E-state index is -0.110. The van der Waals surface area contributed by atoms with Gasteiger partial charge in [-0.05, 0) is 48.4 Å². The van der Waals surface area contributed by atoms with Crippen LogP contribution in [0.4, 0.5) is 5.69 Å². The maximum atomic E-state index is 12.6. The van der Waals surface area contributed by atoms with Crippen molar-refractivity contribution in [2.45, 2.75) is 16.5 Å². The number of benzene rings is 4. The quantitative estimate of drug-likeness (QED) is 0.260. The topological polar surface area (TPSA) is 42.0 Å². The third kappa shape index (κ3) is 5.00. The van der Waals surface area contributed by atoms with Gasteiger partial charge in [-0.3, -0.25) is 4.79 Å². The summed E-state index contributed by atoms with van der Waals surface area (Å²) in [5, 5.41) is 3.17. The molecule has 4 aromatic carbocycles. The van der Waals surface area contributed by atoms with Gasteiger partial charge < -0.3 is 5.32 Å². The average Bonchev–Trinajstić information content (AvgIpc) is 3.26. The maximum Gasteiger partial charge on any atom is 0.255 e. The van der Waals surface area contributed by atoms with Crippen LogP contribution >= 0.6 is 23.1 Å². The second-order valence-corrected chi connectivity index (χ2v) is 10.2. The smallest absolute Gasteiger partial charge is 0.255 e. The molecule has 0 fully saturated rings. The standard InChI is InChI=1S/C28H22N2OS2/c1-19-12-14-22(15-13-19)27(31)29-23-16-17-24-25(18-23)32-28(30-24)33-26(20-8-4-2-5-9-20)21-10-6-3-7-11-21/h2-18,26H,1H3,(H,29,31). The highest BCUT2D eigenvalue weighted by Crippen LogP contribution is 2.43. The van der Waals surface area contributed by atoms with Gasteiger partial charge in [0.15, 0.2) is 4.34 Å². The lowest BCUT2D eigenvalue weighted by molar-refractivity contribution is 0.102. The molecule has 3 nitrogen and oxygen atoms in total. The molecule has 1 N–H and O–H groups in total. The fourth-order valence-electron chi connectivity index (χ4n) is 3.62. The van der Waals surface area contributed by atoms with Crippen molar-refractivity contribution in [1.29, 1.82) is 0 Å². The average molecular weight is 467 g/mol. The number of carbonyl (C=O) groups is 1. The number of aryl methyl sites for hydroxylation is 1. The van der Waals surface area contributed by atoms with Gasteiger partial charge in [0.25, 0.3) is 5.91 Å². The predicted molar refractivity (Wildman–Crippen MR) is 139 cm³/mol. The Labute approximate surface area is 201 Å². The third-order valence-corrected chi connectivity index (χ3v) is 7.79. The van der Waals surface area contributed by atoms with E-state index in [-0.39, 0.29) is 11.2 Å². The van der Waals surface area contributed by atoms with Crippen molar-refractivity contribution in [3.05, 3.63) is 125 Å². The van der Waals surface area contributed by atoms with E-state index in [0.717, 1.165) is 25.8 Å². The number of thioether (sulfide) groups is 1. The van der Waals surface area contributed by atoms with E-state index < -0.39 is 0 Å². The highest BCUT2D eigenvalue weighted by atomic mass is 32.2. The Morgan fingerprint density at radius 2 is 1.48 bits per heavy atom. The van der Waals surface area contributed by atoms with Gasteiger partial charge in [0.1, 0.15) is 0 Å². The zero-order chi connectivity index (χ0) is 22.6. The Hall–Kier alpha value is -3.41. The van der Waals surface area contributed by atoms with Crippen LogP contribution in [-0.4, -0.2) is 10.9 Å². The number of hydrogen-bond acceptors (Lipinski definition) is 4. The summed E-state index contributed by atoms with van der Waals surface area (Å²) in [6, 6.07) is 34.5. The van der Waals surface area contributed by atoms with E-state index in [1.54, 1.807) is 23.1 Å². The molecular formula is C28H22N2OS2. The van der Waals surface area contributed by atoms with Gasteiger partial charge in [0.05, 0.1) is 15.5 Å². The molecule has 1 heterocycles. The summed E-state index contributed by atoms with van der Waals surface area (Å²) in [7, 11) is 0. The number of fused-ring (bicyclic) bond motifs is 1. The number of carbonyl (C=O) groups excluding carboxylic acids is 1. The SMILES string of the molecule is Cc1ccc(C(=O)Nc2ccc3nc(SC(c4ccccc4)c4ccccc4)sc3c2)cc1. The van der Waals surface area contributed by atoms with Crippen molar-refractivity contribution in [2.24, 2.45) is 0 Å². The lowest BCUT2D eigenvalue weighted by Crippen LogP contribution is -2.11. The number of amides is 1. The number of nitrogens with zero attached hydrogens (tertiary/aromatic N) is 1. The third-order valence-electron chi connectivity index (χ3n) is 5.36. The number of hydrogen-bond donors (Lipinski definition) is 1. The van der Waals surface area contributed by atoms with Crippen LogP contribution in [0.2, 0.25) is 0 Å². The Morgan fingerprint density at radius 3 is 2.12 bits per heavy atom. The number of anilines is 1. The summed E-state index contributed by atoms with van der Waals surface area (Å²) in [6.07, 6.45) is 0. The predicted octanol–water partition coefficient (Wildman–Crippen LogP) is 7.74. The highest BCUT2D eigenvalue weighted by molar-refractivity contribution is 8.01. The van der Waals surface area contributed by atoms with Gasteiger partial charge in [-0.15, -0.1) is 11.3 Å².